The summed E-state index contributed by atoms with van der Waals surface area (Å²) < 4.78 is 5.70. The number of nitrogens with zero attached hydrogens (tertiary/aromatic N) is 3. The lowest BCUT2D eigenvalue weighted by Crippen LogP contribution is -2.08. The summed E-state index contributed by atoms with van der Waals surface area (Å²) >= 11 is 11.7. The Bertz CT molecular complexity index is 698. The van der Waals surface area contributed by atoms with Crippen LogP contribution in [0.5, 0.6) is 5.75 Å². The first kappa shape index (κ1) is 15.4. The topological polar surface area (TPSA) is 70.8 Å². The molecule has 7 heteroatoms. The van der Waals surface area contributed by atoms with Crippen LogP contribution in [-0.2, 0) is 0 Å². The third-order valence-electron chi connectivity index (χ3n) is 2.44. The summed E-state index contributed by atoms with van der Waals surface area (Å²) in [6.45, 7) is 3.82. The van der Waals surface area contributed by atoms with Crippen LogP contribution < -0.4 is 10.1 Å². The molecule has 1 heterocycles. The molecule has 1 aromatic heterocycles. The van der Waals surface area contributed by atoms with Crippen LogP contribution in [0.25, 0.3) is 0 Å². The van der Waals surface area contributed by atoms with Gasteiger partial charge < -0.3 is 10.1 Å². The van der Waals surface area contributed by atoms with Gasteiger partial charge in [-0.1, -0.05) is 11.6 Å². The van der Waals surface area contributed by atoms with Gasteiger partial charge in [-0.25, -0.2) is 4.98 Å². The third-order valence-corrected chi connectivity index (χ3v) is 2.86. The average Bonchev–Trinajstić information content (AvgIpc) is 2.41. The molecular weight excluding hydrogens is 311 g/mol. The van der Waals surface area contributed by atoms with E-state index < -0.39 is 0 Å². The molecule has 0 saturated carbocycles. The Morgan fingerprint density at radius 1 is 1.33 bits per heavy atom. The second-order valence-corrected chi connectivity index (χ2v) is 5.22. The van der Waals surface area contributed by atoms with E-state index in [-0.39, 0.29) is 17.0 Å². The van der Waals surface area contributed by atoms with Crippen molar-refractivity contribution < 1.29 is 4.74 Å². The standard InChI is InChI=1S/C14H12Cl2N4O/c1-8(2)21-12-5-10(15)3-4-11(12)19-13-9(6-17)7-18-14(16)20-13/h3-5,7-8H,1-2H3,(H,18,19,20). The molecule has 0 aliphatic rings. The van der Waals surface area contributed by atoms with Gasteiger partial charge in [-0.05, 0) is 37.6 Å². The van der Waals surface area contributed by atoms with Crippen LogP contribution in [0.3, 0.4) is 0 Å². The monoisotopic (exact) mass is 322 g/mol. The number of hydrogen-bond donors (Lipinski definition) is 1. The van der Waals surface area contributed by atoms with Crippen LogP contribution in [0.15, 0.2) is 24.4 Å². The van der Waals surface area contributed by atoms with Crippen LogP contribution in [0.1, 0.15) is 19.4 Å². The average molecular weight is 323 g/mol. The molecule has 1 aromatic carbocycles. The van der Waals surface area contributed by atoms with Gasteiger partial charge in [-0.15, -0.1) is 0 Å². The van der Waals surface area contributed by atoms with Crippen molar-refractivity contribution in [2.75, 3.05) is 5.32 Å². The molecule has 0 bridgehead atoms. The van der Waals surface area contributed by atoms with Crippen molar-refractivity contribution in [2.24, 2.45) is 0 Å². The van der Waals surface area contributed by atoms with E-state index in [1.165, 1.54) is 6.20 Å². The quantitative estimate of drug-likeness (QED) is 0.855. The molecule has 2 rings (SSSR count). The second kappa shape index (κ2) is 6.61. The summed E-state index contributed by atoms with van der Waals surface area (Å²) in [5.74, 6) is 0.879. The summed E-state index contributed by atoms with van der Waals surface area (Å²) in [5.41, 5.74) is 0.921. The van der Waals surface area contributed by atoms with Crippen LogP contribution in [0.4, 0.5) is 11.5 Å². The zero-order valence-electron chi connectivity index (χ0n) is 11.4. The minimum absolute atomic E-state index is 0.0200. The number of rotatable bonds is 4. The maximum atomic E-state index is 9.08. The molecule has 0 radical (unpaired) electrons. The number of nitriles is 1. The third kappa shape index (κ3) is 3.97. The predicted octanol–water partition coefficient (Wildman–Crippen LogP) is 4.19. The maximum Gasteiger partial charge on any atom is 0.224 e. The fraction of sp³-hybridized carbons (Fsp3) is 0.214. The molecule has 5 nitrogen and oxygen atoms in total. The van der Waals surface area contributed by atoms with E-state index >= 15 is 0 Å². The minimum atomic E-state index is -0.0200. The zero-order valence-corrected chi connectivity index (χ0v) is 12.9. The predicted molar refractivity (Wildman–Crippen MR) is 82.3 cm³/mol. The highest BCUT2D eigenvalue weighted by Crippen LogP contribution is 2.32. The fourth-order valence-corrected chi connectivity index (χ4v) is 1.91. The molecule has 1 N–H and O–H groups in total. The van der Waals surface area contributed by atoms with E-state index in [9.17, 15) is 0 Å². The van der Waals surface area contributed by atoms with Gasteiger partial charge in [0.2, 0.25) is 5.28 Å². The van der Waals surface area contributed by atoms with Gasteiger partial charge in [0, 0.05) is 11.1 Å². The van der Waals surface area contributed by atoms with E-state index in [1.807, 2.05) is 19.9 Å². The second-order valence-electron chi connectivity index (χ2n) is 4.45. The van der Waals surface area contributed by atoms with Crippen LogP contribution >= 0.6 is 23.2 Å². The summed E-state index contributed by atoms with van der Waals surface area (Å²) in [6.07, 6.45) is 1.34. The summed E-state index contributed by atoms with van der Waals surface area (Å²) in [6, 6.07) is 7.16. The molecule has 0 amide bonds. The summed E-state index contributed by atoms with van der Waals surface area (Å²) in [7, 11) is 0. The lowest BCUT2D eigenvalue weighted by atomic mass is 10.2. The molecule has 21 heavy (non-hydrogen) atoms. The largest absolute Gasteiger partial charge is 0.489 e. The lowest BCUT2D eigenvalue weighted by Gasteiger charge is -2.16. The van der Waals surface area contributed by atoms with Crippen molar-refractivity contribution in [2.45, 2.75) is 20.0 Å². The van der Waals surface area contributed by atoms with Gasteiger partial charge in [0.1, 0.15) is 17.4 Å². The van der Waals surface area contributed by atoms with E-state index in [0.29, 0.717) is 22.3 Å². The highest BCUT2D eigenvalue weighted by Gasteiger charge is 2.11. The van der Waals surface area contributed by atoms with Crippen molar-refractivity contribution in [3.8, 4) is 11.8 Å². The van der Waals surface area contributed by atoms with Gasteiger partial charge in [-0.3, -0.25) is 0 Å². The van der Waals surface area contributed by atoms with Crippen molar-refractivity contribution in [1.29, 1.82) is 5.26 Å². The van der Waals surface area contributed by atoms with Gasteiger partial charge in [-0.2, -0.15) is 10.2 Å². The van der Waals surface area contributed by atoms with Crippen LogP contribution in [0, 0.1) is 11.3 Å². The maximum absolute atomic E-state index is 9.08. The Kier molecular flexibility index (Phi) is 4.84. The molecule has 0 fully saturated rings. The molecule has 0 atom stereocenters. The molecule has 2 aromatic rings. The smallest absolute Gasteiger partial charge is 0.224 e. The Labute approximate surface area is 132 Å². The lowest BCUT2D eigenvalue weighted by molar-refractivity contribution is 0.244. The van der Waals surface area contributed by atoms with Crippen LogP contribution in [-0.4, -0.2) is 16.1 Å². The van der Waals surface area contributed by atoms with Crippen molar-refractivity contribution in [3.63, 3.8) is 0 Å². The number of halogens is 2. The minimum Gasteiger partial charge on any atom is -0.489 e. The van der Waals surface area contributed by atoms with E-state index in [1.54, 1.807) is 18.2 Å². The van der Waals surface area contributed by atoms with Crippen LogP contribution in [0.2, 0.25) is 10.3 Å². The summed E-state index contributed by atoms with van der Waals surface area (Å²) in [5, 5.41) is 12.7. The van der Waals surface area contributed by atoms with Crippen molar-refractivity contribution in [1.82, 2.24) is 9.97 Å². The number of anilines is 2. The highest BCUT2D eigenvalue weighted by atomic mass is 35.5. The zero-order chi connectivity index (χ0) is 15.4. The molecule has 0 aliphatic heterocycles. The number of aromatic nitrogens is 2. The molecular formula is C14H12Cl2N4O. The first-order valence-electron chi connectivity index (χ1n) is 6.15. The summed E-state index contributed by atoms with van der Waals surface area (Å²) in [4.78, 5) is 7.79. The Balaban J connectivity index is 2.40. The fourth-order valence-electron chi connectivity index (χ4n) is 1.62. The SMILES string of the molecule is CC(C)Oc1cc(Cl)ccc1Nc1nc(Cl)ncc1C#N. The van der Waals surface area contributed by atoms with E-state index in [2.05, 4.69) is 15.3 Å². The van der Waals surface area contributed by atoms with Gasteiger partial charge in [0.15, 0.2) is 5.82 Å². The number of nitrogens with one attached hydrogen (secondary N) is 1. The normalized spacial score (nSPS) is 10.3. The van der Waals surface area contributed by atoms with Crippen molar-refractivity contribution >= 4 is 34.7 Å². The molecule has 0 unspecified atom stereocenters. The Hall–Kier alpha value is -2.03. The number of hydrogen-bond acceptors (Lipinski definition) is 5. The molecule has 108 valence electrons. The van der Waals surface area contributed by atoms with E-state index in [0.717, 1.165) is 0 Å². The molecule has 0 aliphatic carbocycles. The first-order valence-corrected chi connectivity index (χ1v) is 6.91. The molecule has 0 saturated heterocycles. The first-order chi connectivity index (χ1) is 9.99. The molecule has 0 spiro atoms. The Morgan fingerprint density at radius 3 is 2.76 bits per heavy atom. The highest BCUT2D eigenvalue weighted by molar-refractivity contribution is 6.30. The van der Waals surface area contributed by atoms with Gasteiger partial charge in [0.25, 0.3) is 0 Å². The van der Waals surface area contributed by atoms with Gasteiger partial charge in [0.05, 0.1) is 18.0 Å². The number of benzene rings is 1. The van der Waals surface area contributed by atoms with Gasteiger partial charge >= 0.3 is 0 Å². The Morgan fingerprint density at radius 2 is 2.10 bits per heavy atom. The van der Waals surface area contributed by atoms with Crippen molar-refractivity contribution in [3.05, 3.63) is 40.3 Å². The van der Waals surface area contributed by atoms with E-state index in [4.69, 9.17) is 33.2 Å². The number of ether oxygens (including phenoxy) is 1.